The van der Waals surface area contributed by atoms with E-state index in [1.165, 1.54) is 6.07 Å². The minimum absolute atomic E-state index is 0.103. The highest BCUT2D eigenvalue weighted by Gasteiger charge is 2.26. The van der Waals surface area contributed by atoms with Gasteiger partial charge in [0.25, 0.3) is 0 Å². The molecule has 1 aliphatic rings. The van der Waals surface area contributed by atoms with Crippen molar-refractivity contribution in [1.82, 2.24) is 0 Å². The van der Waals surface area contributed by atoms with E-state index in [1.807, 2.05) is 6.07 Å². The molecule has 1 aromatic rings. The summed E-state index contributed by atoms with van der Waals surface area (Å²) in [6, 6.07) is 5.06. The van der Waals surface area contributed by atoms with Gasteiger partial charge in [0.2, 0.25) is 0 Å². The van der Waals surface area contributed by atoms with E-state index in [-0.39, 0.29) is 17.7 Å². The SMILES string of the molecule is CCOC(=O)C1CCc2c(F)cccc2C1. The van der Waals surface area contributed by atoms with Crippen molar-refractivity contribution in [3.8, 4) is 0 Å². The van der Waals surface area contributed by atoms with Gasteiger partial charge in [-0.25, -0.2) is 4.39 Å². The molecule has 0 aliphatic heterocycles. The molecule has 2 rings (SSSR count). The lowest BCUT2D eigenvalue weighted by molar-refractivity contribution is -0.148. The Morgan fingerprint density at radius 2 is 2.38 bits per heavy atom. The van der Waals surface area contributed by atoms with Crippen LogP contribution in [0.2, 0.25) is 0 Å². The fourth-order valence-electron chi connectivity index (χ4n) is 2.22. The van der Waals surface area contributed by atoms with Crippen molar-refractivity contribution >= 4 is 5.97 Å². The Morgan fingerprint density at radius 1 is 1.56 bits per heavy atom. The lowest BCUT2D eigenvalue weighted by atomic mass is 9.84. The fourth-order valence-corrected chi connectivity index (χ4v) is 2.22. The highest BCUT2D eigenvalue weighted by Crippen LogP contribution is 2.28. The van der Waals surface area contributed by atoms with Gasteiger partial charge in [0.15, 0.2) is 0 Å². The molecule has 1 aromatic carbocycles. The van der Waals surface area contributed by atoms with Gasteiger partial charge < -0.3 is 4.74 Å². The van der Waals surface area contributed by atoms with Crippen molar-refractivity contribution in [3.63, 3.8) is 0 Å². The molecule has 0 amide bonds. The van der Waals surface area contributed by atoms with Gasteiger partial charge in [0, 0.05) is 0 Å². The number of hydrogen-bond acceptors (Lipinski definition) is 2. The molecule has 3 heteroatoms. The van der Waals surface area contributed by atoms with E-state index in [1.54, 1.807) is 13.0 Å². The molecule has 0 N–H and O–H groups in total. The maximum Gasteiger partial charge on any atom is 0.309 e. The van der Waals surface area contributed by atoms with E-state index < -0.39 is 0 Å². The zero-order valence-corrected chi connectivity index (χ0v) is 9.33. The first-order valence-corrected chi connectivity index (χ1v) is 5.65. The summed E-state index contributed by atoms with van der Waals surface area (Å²) in [5.74, 6) is -0.411. The Labute approximate surface area is 94.4 Å². The summed E-state index contributed by atoms with van der Waals surface area (Å²) in [5.41, 5.74) is 1.72. The molecule has 0 saturated heterocycles. The number of rotatable bonds is 2. The van der Waals surface area contributed by atoms with Gasteiger partial charge in [-0.05, 0) is 43.4 Å². The van der Waals surface area contributed by atoms with E-state index in [2.05, 4.69) is 0 Å². The maximum atomic E-state index is 13.4. The summed E-state index contributed by atoms with van der Waals surface area (Å²) >= 11 is 0. The average molecular weight is 222 g/mol. The second-order valence-corrected chi connectivity index (χ2v) is 4.07. The third-order valence-corrected chi connectivity index (χ3v) is 3.04. The highest BCUT2D eigenvalue weighted by molar-refractivity contribution is 5.73. The largest absolute Gasteiger partial charge is 0.466 e. The van der Waals surface area contributed by atoms with Crippen LogP contribution < -0.4 is 0 Å². The van der Waals surface area contributed by atoms with Crippen LogP contribution in [0.15, 0.2) is 18.2 Å². The number of benzene rings is 1. The normalized spacial score (nSPS) is 19.0. The van der Waals surface area contributed by atoms with Crippen LogP contribution >= 0.6 is 0 Å². The van der Waals surface area contributed by atoms with E-state index in [4.69, 9.17) is 4.74 Å². The van der Waals surface area contributed by atoms with Gasteiger partial charge in [0.05, 0.1) is 12.5 Å². The zero-order chi connectivity index (χ0) is 11.5. The third-order valence-electron chi connectivity index (χ3n) is 3.04. The van der Waals surface area contributed by atoms with Crippen molar-refractivity contribution in [3.05, 3.63) is 35.1 Å². The number of halogens is 1. The third kappa shape index (κ3) is 2.08. The molecule has 16 heavy (non-hydrogen) atoms. The van der Waals surface area contributed by atoms with Crippen LogP contribution in [-0.4, -0.2) is 12.6 Å². The summed E-state index contributed by atoms with van der Waals surface area (Å²) in [6.45, 7) is 2.21. The van der Waals surface area contributed by atoms with Gasteiger partial charge in [-0.3, -0.25) is 4.79 Å². The van der Waals surface area contributed by atoms with Gasteiger partial charge in [0.1, 0.15) is 5.82 Å². The molecule has 1 atom stereocenters. The predicted octanol–water partition coefficient (Wildman–Crippen LogP) is 2.49. The smallest absolute Gasteiger partial charge is 0.309 e. The average Bonchev–Trinajstić information content (AvgIpc) is 2.29. The van der Waals surface area contributed by atoms with Crippen LogP contribution in [0.1, 0.15) is 24.5 Å². The molecule has 2 nitrogen and oxygen atoms in total. The van der Waals surface area contributed by atoms with Gasteiger partial charge >= 0.3 is 5.97 Å². The molecule has 1 aliphatic carbocycles. The Morgan fingerprint density at radius 3 is 3.12 bits per heavy atom. The molecule has 0 bridgehead atoms. The molecule has 0 saturated carbocycles. The molecular weight excluding hydrogens is 207 g/mol. The van der Waals surface area contributed by atoms with Crippen LogP contribution in [0.4, 0.5) is 4.39 Å². The van der Waals surface area contributed by atoms with Gasteiger partial charge in [-0.1, -0.05) is 12.1 Å². The lowest BCUT2D eigenvalue weighted by Gasteiger charge is -2.23. The summed E-state index contributed by atoms with van der Waals surface area (Å²) in [4.78, 5) is 11.6. The number of esters is 1. The molecule has 0 heterocycles. The van der Waals surface area contributed by atoms with Crippen molar-refractivity contribution in [1.29, 1.82) is 0 Å². The summed E-state index contributed by atoms with van der Waals surface area (Å²) in [5, 5.41) is 0. The van der Waals surface area contributed by atoms with E-state index in [0.717, 1.165) is 11.1 Å². The molecule has 1 unspecified atom stereocenters. The highest BCUT2D eigenvalue weighted by atomic mass is 19.1. The standard InChI is InChI=1S/C13H15FO2/c1-2-16-13(15)10-6-7-11-9(8-10)4-3-5-12(11)14/h3-5,10H,2,6-8H2,1H3. The second-order valence-electron chi connectivity index (χ2n) is 4.07. The Hall–Kier alpha value is -1.38. The Bertz CT molecular complexity index is 401. The van der Waals surface area contributed by atoms with Crippen molar-refractivity contribution in [2.45, 2.75) is 26.2 Å². The van der Waals surface area contributed by atoms with Gasteiger partial charge in [-0.2, -0.15) is 0 Å². The first kappa shape index (κ1) is 11.1. The molecule has 0 aromatic heterocycles. The van der Waals surface area contributed by atoms with Gasteiger partial charge in [-0.15, -0.1) is 0 Å². The number of fused-ring (bicyclic) bond motifs is 1. The minimum Gasteiger partial charge on any atom is -0.466 e. The van der Waals surface area contributed by atoms with E-state index in [9.17, 15) is 9.18 Å². The molecule has 0 fully saturated rings. The minimum atomic E-state index is -0.155. The van der Waals surface area contributed by atoms with Crippen LogP contribution in [0, 0.1) is 11.7 Å². The Balaban J connectivity index is 2.15. The van der Waals surface area contributed by atoms with Crippen LogP contribution in [0.5, 0.6) is 0 Å². The Kier molecular flexibility index (Phi) is 3.22. The zero-order valence-electron chi connectivity index (χ0n) is 9.33. The van der Waals surface area contributed by atoms with Crippen molar-refractivity contribution in [2.75, 3.05) is 6.61 Å². The predicted molar refractivity (Wildman–Crippen MR) is 58.5 cm³/mol. The van der Waals surface area contributed by atoms with Crippen LogP contribution in [-0.2, 0) is 22.4 Å². The number of hydrogen-bond donors (Lipinski definition) is 0. The second kappa shape index (κ2) is 4.64. The van der Waals surface area contributed by atoms with Crippen LogP contribution in [0.3, 0.4) is 0 Å². The monoisotopic (exact) mass is 222 g/mol. The van der Waals surface area contributed by atoms with Crippen molar-refractivity contribution in [2.24, 2.45) is 5.92 Å². The van der Waals surface area contributed by atoms with E-state index >= 15 is 0 Å². The lowest BCUT2D eigenvalue weighted by Crippen LogP contribution is -2.25. The molecule has 0 radical (unpaired) electrons. The molecule has 86 valence electrons. The maximum absolute atomic E-state index is 13.4. The van der Waals surface area contributed by atoms with E-state index in [0.29, 0.717) is 25.9 Å². The first-order chi connectivity index (χ1) is 7.72. The summed E-state index contributed by atoms with van der Waals surface area (Å²) in [7, 11) is 0. The summed E-state index contributed by atoms with van der Waals surface area (Å²) in [6.07, 6.45) is 1.92. The summed E-state index contributed by atoms with van der Waals surface area (Å²) < 4.78 is 18.4. The van der Waals surface area contributed by atoms with Crippen molar-refractivity contribution < 1.29 is 13.9 Å². The first-order valence-electron chi connectivity index (χ1n) is 5.65. The topological polar surface area (TPSA) is 26.3 Å². The quantitative estimate of drug-likeness (QED) is 0.719. The fraction of sp³-hybridized carbons (Fsp3) is 0.462. The number of ether oxygens (including phenoxy) is 1. The van der Waals surface area contributed by atoms with Crippen LogP contribution in [0.25, 0.3) is 0 Å². The molecule has 0 spiro atoms. The molecular formula is C13H15FO2. The number of carbonyl (C=O) groups is 1. The number of carbonyl (C=O) groups excluding carboxylic acids is 1.